The van der Waals surface area contributed by atoms with E-state index in [2.05, 4.69) is 0 Å². The van der Waals surface area contributed by atoms with Crippen LogP contribution in [0, 0.1) is 25.7 Å². The highest BCUT2D eigenvalue weighted by Gasteiger charge is 2.64. The lowest BCUT2D eigenvalue weighted by Gasteiger charge is -2.36. The molecule has 6 heteroatoms. The van der Waals surface area contributed by atoms with Gasteiger partial charge in [-0.1, -0.05) is 48.0 Å². The summed E-state index contributed by atoms with van der Waals surface area (Å²) in [7, 11) is 1.57. The molecule has 3 heterocycles. The summed E-state index contributed by atoms with van der Waals surface area (Å²) < 4.78 is 5.25. The van der Waals surface area contributed by atoms with Crippen molar-refractivity contribution in [3.8, 4) is 5.75 Å². The Morgan fingerprint density at radius 1 is 0.861 bits per heavy atom. The number of Topliss-reactive ketones (excluding diaryl/α,β-unsaturated/α-hetero) is 1. The molecule has 3 aliphatic rings. The van der Waals surface area contributed by atoms with E-state index in [9.17, 15) is 14.4 Å². The molecule has 3 aromatic rings. The van der Waals surface area contributed by atoms with Crippen LogP contribution in [0.1, 0.15) is 27.0 Å². The Hall–Kier alpha value is -4.19. The van der Waals surface area contributed by atoms with Crippen molar-refractivity contribution in [2.75, 3.05) is 16.9 Å². The molecule has 0 N–H and O–H groups in total. The number of nitrogens with zero attached hydrogens (tertiary/aromatic N) is 2. The molecule has 2 fully saturated rings. The average Bonchev–Trinajstić information content (AvgIpc) is 3.37. The number of hydrogen-bond acceptors (Lipinski definition) is 5. The van der Waals surface area contributed by atoms with Crippen LogP contribution < -0.4 is 14.5 Å². The maximum absolute atomic E-state index is 14.1. The summed E-state index contributed by atoms with van der Waals surface area (Å²) in [4.78, 5) is 45.3. The summed E-state index contributed by atoms with van der Waals surface area (Å²) >= 11 is 0. The van der Waals surface area contributed by atoms with Gasteiger partial charge < -0.3 is 9.64 Å². The Morgan fingerprint density at radius 2 is 1.58 bits per heavy atom. The lowest BCUT2D eigenvalue weighted by atomic mass is 9.86. The average molecular weight is 479 g/mol. The number of anilines is 2. The van der Waals surface area contributed by atoms with Crippen LogP contribution in [-0.4, -0.2) is 36.8 Å². The summed E-state index contributed by atoms with van der Waals surface area (Å²) in [5.41, 5.74) is 4.82. The van der Waals surface area contributed by atoms with Crippen LogP contribution in [0.25, 0.3) is 6.08 Å². The third-order valence-corrected chi connectivity index (χ3v) is 7.65. The van der Waals surface area contributed by atoms with Crippen molar-refractivity contribution >= 4 is 35.0 Å². The molecule has 0 radical (unpaired) electrons. The molecule has 36 heavy (non-hydrogen) atoms. The summed E-state index contributed by atoms with van der Waals surface area (Å²) in [6.45, 7) is 3.88. The molecule has 2 saturated heterocycles. The van der Waals surface area contributed by atoms with E-state index in [0.717, 1.165) is 22.4 Å². The van der Waals surface area contributed by atoms with Gasteiger partial charge in [-0.15, -0.1) is 0 Å². The quantitative estimate of drug-likeness (QED) is 0.406. The van der Waals surface area contributed by atoms with Crippen molar-refractivity contribution in [2.24, 2.45) is 11.8 Å². The van der Waals surface area contributed by atoms with E-state index in [4.69, 9.17) is 4.74 Å². The molecule has 4 unspecified atom stereocenters. The van der Waals surface area contributed by atoms with Gasteiger partial charge in [-0.3, -0.25) is 14.4 Å². The van der Waals surface area contributed by atoms with Gasteiger partial charge in [0.25, 0.3) is 0 Å². The number of ether oxygens (including phenoxy) is 1. The molecule has 4 atom stereocenters. The number of rotatable bonds is 4. The minimum Gasteiger partial charge on any atom is -0.497 e. The number of ketones is 1. The van der Waals surface area contributed by atoms with Crippen molar-refractivity contribution in [2.45, 2.75) is 25.9 Å². The molecule has 3 aliphatic heterocycles. The van der Waals surface area contributed by atoms with Gasteiger partial charge >= 0.3 is 0 Å². The van der Waals surface area contributed by atoms with Gasteiger partial charge in [0.05, 0.1) is 30.7 Å². The number of carbonyl (C=O) groups is 3. The normalized spacial score (nSPS) is 24.0. The van der Waals surface area contributed by atoms with Gasteiger partial charge in [0.15, 0.2) is 5.78 Å². The summed E-state index contributed by atoms with van der Waals surface area (Å²) in [6.07, 6.45) is 3.96. The second kappa shape index (κ2) is 8.19. The maximum atomic E-state index is 14.1. The lowest BCUT2D eigenvalue weighted by Crippen LogP contribution is -2.49. The van der Waals surface area contributed by atoms with E-state index >= 15 is 0 Å². The van der Waals surface area contributed by atoms with E-state index in [1.165, 1.54) is 4.90 Å². The smallest absolute Gasteiger partial charge is 0.240 e. The van der Waals surface area contributed by atoms with E-state index in [1.807, 2.05) is 73.4 Å². The second-order valence-electron chi connectivity index (χ2n) is 9.71. The van der Waals surface area contributed by atoms with Gasteiger partial charge in [-0.2, -0.15) is 0 Å². The first kappa shape index (κ1) is 22.3. The highest BCUT2D eigenvalue weighted by Crippen LogP contribution is 2.50. The van der Waals surface area contributed by atoms with Gasteiger partial charge in [0, 0.05) is 11.3 Å². The first-order chi connectivity index (χ1) is 17.4. The number of imide groups is 1. The molecular weight excluding hydrogens is 452 g/mol. The third kappa shape index (κ3) is 3.14. The van der Waals surface area contributed by atoms with E-state index in [0.29, 0.717) is 17.0 Å². The number of fused-ring (bicyclic) bond motifs is 5. The minimum absolute atomic E-state index is 0.177. The number of hydrogen-bond donors (Lipinski definition) is 0. The van der Waals surface area contributed by atoms with Gasteiger partial charge in [0.2, 0.25) is 11.8 Å². The predicted molar refractivity (Wildman–Crippen MR) is 138 cm³/mol. The Labute approximate surface area is 209 Å². The maximum Gasteiger partial charge on any atom is 0.240 e. The van der Waals surface area contributed by atoms with Crippen LogP contribution in [0.5, 0.6) is 5.75 Å². The Balaban J connectivity index is 1.48. The van der Waals surface area contributed by atoms with Crippen LogP contribution in [-0.2, 0) is 9.59 Å². The molecule has 0 bridgehead atoms. The second-order valence-corrected chi connectivity index (χ2v) is 9.71. The third-order valence-electron chi connectivity index (χ3n) is 7.65. The zero-order chi connectivity index (χ0) is 25.1. The number of benzene rings is 3. The zero-order valence-corrected chi connectivity index (χ0v) is 20.3. The topological polar surface area (TPSA) is 66.9 Å². The van der Waals surface area contributed by atoms with Crippen molar-refractivity contribution < 1.29 is 19.1 Å². The molecule has 3 aromatic carbocycles. The first-order valence-electron chi connectivity index (χ1n) is 12.1. The zero-order valence-electron chi connectivity index (χ0n) is 20.3. The molecule has 180 valence electrons. The molecular formula is C30H26N2O4. The largest absolute Gasteiger partial charge is 0.497 e. The molecule has 0 aliphatic carbocycles. The standard InChI is InChI=1S/C30H26N2O4/c1-17-8-14-22(18(2)16-17)32-29(34)25-24-15-11-19-6-4-5-7-23(19)31(24)27(26(25)30(32)35)28(33)20-9-12-21(36-3)13-10-20/h4-16,24-27H,1-3H3. The fraction of sp³-hybridized carbons (Fsp3) is 0.233. The minimum atomic E-state index is -0.799. The molecule has 6 nitrogen and oxygen atoms in total. The summed E-state index contributed by atoms with van der Waals surface area (Å²) in [5, 5.41) is 0. The first-order valence-corrected chi connectivity index (χ1v) is 12.1. The van der Waals surface area contributed by atoms with Crippen molar-refractivity contribution in [1.29, 1.82) is 0 Å². The highest BCUT2D eigenvalue weighted by molar-refractivity contribution is 6.26. The van der Waals surface area contributed by atoms with Crippen LogP contribution in [0.3, 0.4) is 0 Å². The SMILES string of the molecule is COc1ccc(C(=O)C2C3C(=O)N(c4ccc(C)cc4C)C(=O)C3C3C=Cc4ccccc4N32)cc1. The monoisotopic (exact) mass is 478 g/mol. The van der Waals surface area contributed by atoms with E-state index in [-0.39, 0.29) is 23.6 Å². The molecule has 0 saturated carbocycles. The van der Waals surface area contributed by atoms with Gasteiger partial charge in [0.1, 0.15) is 11.8 Å². The fourth-order valence-corrected chi connectivity index (χ4v) is 6.03. The van der Waals surface area contributed by atoms with Crippen molar-refractivity contribution in [3.63, 3.8) is 0 Å². The predicted octanol–water partition coefficient (Wildman–Crippen LogP) is 4.58. The molecule has 0 aromatic heterocycles. The van der Waals surface area contributed by atoms with Crippen molar-refractivity contribution in [1.82, 2.24) is 0 Å². The highest BCUT2D eigenvalue weighted by atomic mass is 16.5. The lowest BCUT2D eigenvalue weighted by molar-refractivity contribution is -0.122. The Bertz CT molecular complexity index is 1440. The van der Waals surface area contributed by atoms with Crippen molar-refractivity contribution in [3.05, 3.63) is 95.1 Å². The molecule has 2 amide bonds. The summed E-state index contributed by atoms with van der Waals surface area (Å²) in [5.74, 6) is -1.52. The van der Waals surface area contributed by atoms with Crippen LogP contribution in [0.4, 0.5) is 11.4 Å². The molecule has 0 spiro atoms. The number of aryl methyl sites for hydroxylation is 2. The van der Waals surface area contributed by atoms with Gasteiger partial charge in [-0.05, 0) is 61.4 Å². The number of amides is 2. The Kier molecular flexibility index (Phi) is 5.07. The number of methoxy groups -OCH3 is 1. The van der Waals surface area contributed by atoms with E-state index in [1.54, 1.807) is 31.4 Å². The number of carbonyl (C=O) groups excluding carboxylic acids is 3. The fourth-order valence-electron chi connectivity index (χ4n) is 6.03. The number of para-hydroxylation sites is 1. The van der Waals surface area contributed by atoms with Crippen LogP contribution in [0.15, 0.2) is 72.8 Å². The van der Waals surface area contributed by atoms with Crippen LogP contribution >= 0.6 is 0 Å². The van der Waals surface area contributed by atoms with Gasteiger partial charge in [-0.25, -0.2) is 4.90 Å². The molecule has 6 rings (SSSR count). The van der Waals surface area contributed by atoms with E-state index < -0.39 is 17.9 Å². The summed E-state index contributed by atoms with van der Waals surface area (Å²) in [6, 6.07) is 19.2. The Morgan fingerprint density at radius 3 is 2.31 bits per heavy atom. The van der Waals surface area contributed by atoms with Crippen LogP contribution in [0.2, 0.25) is 0 Å².